The predicted octanol–water partition coefficient (Wildman–Crippen LogP) is 0.994. The van der Waals surface area contributed by atoms with E-state index in [1.54, 1.807) is 13.2 Å². The third kappa shape index (κ3) is 2.06. The Labute approximate surface area is 102 Å². The molecule has 0 bridgehead atoms. The Bertz CT molecular complexity index is 349. The van der Waals surface area contributed by atoms with Crippen molar-refractivity contribution in [3.05, 3.63) is 23.8 Å². The maximum absolute atomic E-state index is 9.77. The molecule has 0 aromatic heterocycles. The molecule has 4 nitrogen and oxygen atoms in total. The van der Waals surface area contributed by atoms with Gasteiger partial charge in [0.15, 0.2) is 0 Å². The van der Waals surface area contributed by atoms with E-state index in [2.05, 4.69) is 6.58 Å². The van der Waals surface area contributed by atoms with Crippen molar-refractivity contribution >= 4 is 0 Å². The van der Waals surface area contributed by atoms with Gasteiger partial charge in [0.1, 0.15) is 6.79 Å². The number of hydrogen-bond donors (Lipinski definition) is 2. The van der Waals surface area contributed by atoms with E-state index in [4.69, 9.17) is 9.47 Å². The van der Waals surface area contributed by atoms with Crippen LogP contribution in [0.4, 0.5) is 0 Å². The summed E-state index contributed by atoms with van der Waals surface area (Å²) in [5, 5.41) is 19.4. The minimum Gasteiger partial charge on any atom is -0.390 e. The molecule has 4 atom stereocenters. The SMILES string of the molecule is C=C1[C@H](OCOC)CC2=CC(O)C(O)C[C@]12C. The van der Waals surface area contributed by atoms with Gasteiger partial charge in [0.2, 0.25) is 0 Å². The van der Waals surface area contributed by atoms with Crippen molar-refractivity contribution in [3.63, 3.8) is 0 Å². The molecule has 2 N–H and O–H groups in total. The average Bonchev–Trinajstić information content (AvgIpc) is 2.51. The predicted molar refractivity (Wildman–Crippen MR) is 63.3 cm³/mol. The van der Waals surface area contributed by atoms with Gasteiger partial charge in [-0.15, -0.1) is 0 Å². The van der Waals surface area contributed by atoms with Crippen LogP contribution in [-0.2, 0) is 9.47 Å². The van der Waals surface area contributed by atoms with Crippen molar-refractivity contribution in [3.8, 4) is 0 Å². The van der Waals surface area contributed by atoms with Crippen LogP contribution < -0.4 is 0 Å². The van der Waals surface area contributed by atoms with Gasteiger partial charge in [0, 0.05) is 12.5 Å². The number of rotatable bonds is 3. The number of methoxy groups -OCH3 is 1. The fraction of sp³-hybridized carbons (Fsp3) is 0.692. The van der Waals surface area contributed by atoms with Gasteiger partial charge < -0.3 is 19.7 Å². The summed E-state index contributed by atoms with van der Waals surface area (Å²) in [4.78, 5) is 0. The first-order valence-electron chi connectivity index (χ1n) is 5.86. The lowest BCUT2D eigenvalue weighted by atomic mass is 9.72. The zero-order valence-corrected chi connectivity index (χ0v) is 10.3. The Morgan fingerprint density at radius 3 is 2.88 bits per heavy atom. The zero-order valence-electron chi connectivity index (χ0n) is 10.3. The molecule has 2 unspecified atom stereocenters. The summed E-state index contributed by atoms with van der Waals surface area (Å²) in [6, 6.07) is 0. The van der Waals surface area contributed by atoms with Gasteiger partial charge in [0.25, 0.3) is 0 Å². The molecule has 17 heavy (non-hydrogen) atoms. The van der Waals surface area contributed by atoms with Crippen molar-refractivity contribution in [2.45, 2.75) is 38.1 Å². The molecule has 1 saturated carbocycles. The summed E-state index contributed by atoms with van der Waals surface area (Å²) in [5.41, 5.74) is 1.82. The normalized spacial score (nSPS) is 41.3. The highest BCUT2D eigenvalue weighted by molar-refractivity contribution is 5.40. The molecule has 0 aliphatic heterocycles. The first-order chi connectivity index (χ1) is 7.99. The van der Waals surface area contributed by atoms with Gasteiger partial charge in [0.05, 0.1) is 18.3 Å². The van der Waals surface area contributed by atoms with Crippen molar-refractivity contribution in [1.82, 2.24) is 0 Å². The second-order valence-corrected chi connectivity index (χ2v) is 5.08. The van der Waals surface area contributed by atoms with Crippen LogP contribution in [0.2, 0.25) is 0 Å². The van der Waals surface area contributed by atoms with Gasteiger partial charge in [-0.3, -0.25) is 0 Å². The smallest absolute Gasteiger partial charge is 0.147 e. The third-order valence-corrected chi connectivity index (χ3v) is 3.98. The van der Waals surface area contributed by atoms with Gasteiger partial charge in [-0.1, -0.05) is 25.2 Å². The number of fused-ring (bicyclic) bond motifs is 1. The molecule has 0 amide bonds. The molecule has 4 heteroatoms. The van der Waals surface area contributed by atoms with Crippen LogP contribution in [0.5, 0.6) is 0 Å². The molecular weight excluding hydrogens is 220 g/mol. The summed E-state index contributed by atoms with van der Waals surface area (Å²) < 4.78 is 10.5. The maximum Gasteiger partial charge on any atom is 0.147 e. The molecule has 1 fully saturated rings. The molecule has 0 saturated heterocycles. The summed E-state index contributed by atoms with van der Waals surface area (Å²) in [7, 11) is 1.58. The highest BCUT2D eigenvalue weighted by Gasteiger charge is 2.48. The zero-order chi connectivity index (χ0) is 12.6. The van der Waals surface area contributed by atoms with E-state index in [1.165, 1.54) is 0 Å². The molecule has 2 rings (SSSR count). The fourth-order valence-corrected chi connectivity index (χ4v) is 2.79. The van der Waals surface area contributed by atoms with E-state index < -0.39 is 12.2 Å². The summed E-state index contributed by atoms with van der Waals surface area (Å²) in [5.74, 6) is 0. The van der Waals surface area contributed by atoms with Crippen molar-refractivity contribution in [2.24, 2.45) is 5.41 Å². The number of ether oxygens (including phenoxy) is 2. The van der Waals surface area contributed by atoms with Crippen molar-refractivity contribution in [2.75, 3.05) is 13.9 Å². The minimum absolute atomic E-state index is 0.0799. The average molecular weight is 240 g/mol. The number of aliphatic hydroxyl groups excluding tert-OH is 2. The van der Waals surface area contributed by atoms with E-state index in [1.807, 2.05) is 6.92 Å². The topological polar surface area (TPSA) is 58.9 Å². The number of hydrogen-bond acceptors (Lipinski definition) is 4. The van der Waals surface area contributed by atoms with Gasteiger partial charge in [-0.25, -0.2) is 0 Å². The van der Waals surface area contributed by atoms with E-state index in [0.717, 1.165) is 17.6 Å². The molecule has 2 aliphatic rings. The minimum atomic E-state index is -0.771. The summed E-state index contributed by atoms with van der Waals surface area (Å²) >= 11 is 0. The lowest BCUT2D eigenvalue weighted by Crippen LogP contribution is -2.36. The van der Waals surface area contributed by atoms with Crippen LogP contribution in [-0.4, -0.2) is 42.4 Å². The molecule has 2 aliphatic carbocycles. The Hall–Kier alpha value is -0.680. The van der Waals surface area contributed by atoms with Crippen LogP contribution in [0.3, 0.4) is 0 Å². The number of aliphatic hydroxyl groups is 2. The van der Waals surface area contributed by atoms with E-state index >= 15 is 0 Å². The molecule has 0 aromatic rings. The van der Waals surface area contributed by atoms with Crippen LogP contribution in [0.15, 0.2) is 23.8 Å². The van der Waals surface area contributed by atoms with Gasteiger partial charge in [-0.05, 0) is 18.4 Å². The Balaban J connectivity index is 2.20. The van der Waals surface area contributed by atoms with E-state index in [-0.39, 0.29) is 18.3 Å². The van der Waals surface area contributed by atoms with Crippen molar-refractivity contribution < 1.29 is 19.7 Å². The molecule has 0 radical (unpaired) electrons. The molecule has 0 aromatic carbocycles. The van der Waals surface area contributed by atoms with Crippen LogP contribution >= 0.6 is 0 Å². The second kappa shape index (κ2) is 4.53. The first kappa shape index (κ1) is 12.8. The molecule has 96 valence electrons. The fourth-order valence-electron chi connectivity index (χ4n) is 2.79. The summed E-state index contributed by atoms with van der Waals surface area (Å²) in [6.07, 6.45) is 1.40. The first-order valence-corrected chi connectivity index (χ1v) is 5.86. The molecule has 0 spiro atoms. The van der Waals surface area contributed by atoms with Crippen LogP contribution in [0, 0.1) is 5.41 Å². The Morgan fingerprint density at radius 1 is 1.53 bits per heavy atom. The van der Waals surface area contributed by atoms with E-state index in [9.17, 15) is 10.2 Å². The second-order valence-electron chi connectivity index (χ2n) is 5.08. The largest absolute Gasteiger partial charge is 0.390 e. The third-order valence-electron chi connectivity index (χ3n) is 3.98. The van der Waals surface area contributed by atoms with Crippen LogP contribution in [0.25, 0.3) is 0 Å². The van der Waals surface area contributed by atoms with Gasteiger partial charge >= 0.3 is 0 Å². The van der Waals surface area contributed by atoms with E-state index in [0.29, 0.717) is 6.42 Å². The highest BCUT2D eigenvalue weighted by Crippen LogP contribution is 2.52. The highest BCUT2D eigenvalue weighted by atomic mass is 16.7. The quantitative estimate of drug-likeness (QED) is 0.570. The molecule has 0 heterocycles. The monoisotopic (exact) mass is 240 g/mol. The Kier molecular flexibility index (Phi) is 3.41. The standard InChI is InChI=1S/C13H20O4/c1-8-12(17-7-16-3)5-9-4-10(14)11(15)6-13(8,9)2/h4,10-12,14-15H,1,5-7H2,2-3H3/t10?,11?,12-,13-/m1/s1. The molecular formula is C13H20O4. The lowest BCUT2D eigenvalue weighted by molar-refractivity contribution is -0.0569. The maximum atomic E-state index is 9.77. The van der Waals surface area contributed by atoms with Gasteiger partial charge in [-0.2, -0.15) is 0 Å². The lowest BCUT2D eigenvalue weighted by Gasteiger charge is -2.36. The summed E-state index contributed by atoms with van der Waals surface area (Å²) in [6.45, 7) is 6.37. The van der Waals surface area contributed by atoms with Crippen molar-refractivity contribution in [1.29, 1.82) is 0 Å². The van der Waals surface area contributed by atoms with Crippen LogP contribution in [0.1, 0.15) is 19.8 Å². The Morgan fingerprint density at radius 2 is 2.24 bits per heavy atom.